The normalized spacial score (nSPS) is 32.8. The van der Waals surface area contributed by atoms with E-state index in [4.69, 9.17) is 0 Å². The van der Waals surface area contributed by atoms with E-state index in [1.807, 2.05) is 17.6 Å². The van der Waals surface area contributed by atoms with E-state index in [0.717, 1.165) is 0 Å². The Kier molecular flexibility index (Phi) is 6.76. The van der Waals surface area contributed by atoms with Crippen LogP contribution in [0.4, 0.5) is 0 Å². The highest BCUT2D eigenvalue weighted by atomic mass is 16.3. The molecule has 0 aromatic carbocycles. The van der Waals surface area contributed by atoms with Gasteiger partial charge in [-0.1, -0.05) is 12.2 Å². The topological polar surface area (TPSA) is 138 Å². The molecule has 2 rings (SSSR count). The second-order valence-corrected chi connectivity index (χ2v) is 6.78. The third-order valence-corrected chi connectivity index (χ3v) is 4.57. The number of carbonyl (C=O) groups is 2. The van der Waals surface area contributed by atoms with Gasteiger partial charge in [0.1, 0.15) is 0 Å². The van der Waals surface area contributed by atoms with Crippen molar-refractivity contribution in [3.8, 4) is 0 Å². The molecule has 6 N–H and O–H groups in total. The molecular weight excluding hydrogens is 300 g/mol. The zero-order valence-corrected chi connectivity index (χ0v) is 13.6. The van der Waals surface area contributed by atoms with Gasteiger partial charge in [-0.3, -0.25) is 9.59 Å². The maximum atomic E-state index is 12.1. The highest BCUT2D eigenvalue weighted by Crippen LogP contribution is 2.07. The van der Waals surface area contributed by atoms with Crippen LogP contribution in [0.15, 0.2) is 0 Å². The predicted octanol–water partition coefficient (Wildman–Crippen LogP) is -5.77. The third-order valence-electron chi connectivity index (χ3n) is 4.57. The van der Waals surface area contributed by atoms with Gasteiger partial charge in [0.25, 0.3) is 0 Å². The second-order valence-electron chi connectivity index (χ2n) is 6.78. The summed E-state index contributed by atoms with van der Waals surface area (Å²) in [4.78, 5) is 24.2. The van der Waals surface area contributed by atoms with Crippen LogP contribution in [0.25, 0.3) is 0 Å². The number of nitrogens with one attached hydrogen (secondary N) is 2. The average molecular weight is 328 g/mol. The predicted molar refractivity (Wildman–Crippen MR) is 77.7 cm³/mol. The van der Waals surface area contributed by atoms with Gasteiger partial charge in [-0.15, -0.1) is 0 Å². The number of carbonyl (C=O) groups excluding carboxylic acids is 2. The molecule has 0 aromatic rings. The Bertz CT molecular complexity index is 420. The van der Waals surface area contributed by atoms with Crippen LogP contribution in [-0.2, 0) is 9.59 Å². The van der Waals surface area contributed by atoms with E-state index in [0.29, 0.717) is 45.6 Å². The Morgan fingerprint density at radius 2 is 1.52 bits per heavy atom. The maximum absolute atomic E-state index is 12.1. The molecule has 132 valence electrons. The minimum absolute atomic E-state index is 0.117. The Morgan fingerprint density at radius 1 is 1.00 bits per heavy atom. The summed E-state index contributed by atoms with van der Waals surface area (Å²) in [6, 6.07) is -0.200. The van der Waals surface area contributed by atoms with E-state index >= 15 is 0 Å². The number of amides is 2. The lowest BCUT2D eigenvalue weighted by Gasteiger charge is -2.31. The number of rotatable bonds is 5. The van der Waals surface area contributed by atoms with Gasteiger partial charge in [0.05, 0.1) is 38.0 Å². The zero-order valence-electron chi connectivity index (χ0n) is 13.6. The van der Waals surface area contributed by atoms with Crippen LogP contribution in [0.5, 0.6) is 0 Å². The van der Waals surface area contributed by atoms with Gasteiger partial charge in [-0.2, -0.15) is 0 Å². The molecule has 0 aromatic heterocycles. The van der Waals surface area contributed by atoms with Crippen molar-refractivity contribution in [2.45, 2.75) is 38.0 Å². The molecule has 8 heteroatoms. The summed E-state index contributed by atoms with van der Waals surface area (Å²) < 4.78 is 0. The standard InChI is InChI=1S/C15H26N4O4/c1-9(19-15(23)11-3-13(21)8-17-6-11)4-18-14(22)10-2-12(20)7-16-5-10/h9-13,16-17H,2-8H2,1H3,(H,18,22)(H,19,23)/q-2/p+2/t9-,10?,11?,12?,13?/m0/s1. The van der Waals surface area contributed by atoms with Crippen LogP contribution in [-0.4, -0.2) is 62.8 Å². The van der Waals surface area contributed by atoms with Gasteiger partial charge in [-0.05, 0) is 19.8 Å². The van der Waals surface area contributed by atoms with Gasteiger partial charge in [0.2, 0.25) is 11.8 Å². The van der Waals surface area contributed by atoms with Crippen molar-refractivity contribution in [1.82, 2.24) is 10.6 Å². The zero-order chi connectivity index (χ0) is 16.8. The van der Waals surface area contributed by atoms with Crippen LogP contribution in [0.1, 0.15) is 19.8 Å². The first-order valence-corrected chi connectivity index (χ1v) is 8.48. The Labute approximate surface area is 136 Å². The van der Waals surface area contributed by atoms with Crippen molar-refractivity contribution < 1.29 is 30.4 Å². The lowest BCUT2D eigenvalue weighted by atomic mass is 9.96. The average Bonchev–Trinajstić information content (AvgIpc) is 2.52. The summed E-state index contributed by atoms with van der Waals surface area (Å²) in [5.74, 6) is -0.732. The fourth-order valence-electron chi connectivity index (χ4n) is 3.22. The number of piperidine rings is 2. The van der Waals surface area contributed by atoms with Gasteiger partial charge >= 0.3 is 0 Å². The van der Waals surface area contributed by atoms with Crippen LogP contribution in [0.3, 0.4) is 0 Å². The molecule has 2 aliphatic heterocycles. The minimum atomic E-state index is -0.683. The van der Waals surface area contributed by atoms with Crippen molar-refractivity contribution in [3.63, 3.8) is 0 Å². The number of hydrogen-bond acceptors (Lipinski definition) is 4. The maximum Gasteiger partial charge on any atom is 0.229 e. The van der Waals surface area contributed by atoms with Crippen LogP contribution in [0.2, 0.25) is 0 Å². The fraction of sp³-hybridized carbons (Fsp3) is 0.867. The molecule has 5 atom stereocenters. The smallest absolute Gasteiger partial charge is 0.229 e. The summed E-state index contributed by atoms with van der Waals surface area (Å²) in [5.41, 5.74) is 0. The molecule has 2 amide bonds. The van der Waals surface area contributed by atoms with Crippen molar-refractivity contribution in [2.75, 3.05) is 32.7 Å². The molecule has 23 heavy (non-hydrogen) atoms. The Hall–Kier alpha value is -1.22. The molecular formula is C15H28N4O4. The molecule has 2 saturated heterocycles. The molecule has 2 fully saturated rings. The van der Waals surface area contributed by atoms with Crippen molar-refractivity contribution in [2.24, 2.45) is 11.8 Å². The molecule has 2 heterocycles. The molecule has 0 saturated carbocycles. The summed E-state index contributed by atoms with van der Waals surface area (Å²) >= 11 is 0. The lowest BCUT2D eigenvalue weighted by Crippen LogP contribution is -2.91. The number of quaternary nitrogens is 2. The van der Waals surface area contributed by atoms with E-state index in [-0.39, 0.29) is 29.7 Å². The van der Waals surface area contributed by atoms with Crippen molar-refractivity contribution in [3.05, 3.63) is 0 Å². The van der Waals surface area contributed by atoms with Gasteiger partial charge in [0, 0.05) is 12.6 Å². The second kappa shape index (κ2) is 8.58. The Morgan fingerprint density at radius 3 is 2.04 bits per heavy atom. The monoisotopic (exact) mass is 328 g/mol. The van der Waals surface area contributed by atoms with Crippen LogP contribution >= 0.6 is 0 Å². The molecule has 0 radical (unpaired) electrons. The minimum Gasteiger partial charge on any atom is -0.848 e. The fourth-order valence-corrected chi connectivity index (χ4v) is 3.22. The highest BCUT2D eigenvalue weighted by molar-refractivity contribution is 5.80. The lowest BCUT2D eigenvalue weighted by molar-refractivity contribution is -0.696. The summed E-state index contributed by atoms with van der Waals surface area (Å²) in [5, 5.41) is 32.3. The molecule has 0 bridgehead atoms. The van der Waals surface area contributed by atoms with E-state index in [9.17, 15) is 19.8 Å². The number of nitrogens with two attached hydrogens (primary N) is 2. The van der Waals surface area contributed by atoms with Crippen molar-refractivity contribution >= 4 is 11.8 Å². The summed E-state index contributed by atoms with van der Waals surface area (Å²) in [6.45, 7) is 4.52. The third kappa shape index (κ3) is 5.72. The molecule has 0 aliphatic carbocycles. The largest absolute Gasteiger partial charge is 0.848 e. The molecule has 8 nitrogen and oxygen atoms in total. The Balaban J connectivity index is 1.68. The van der Waals surface area contributed by atoms with Gasteiger partial charge in [-0.25, -0.2) is 0 Å². The van der Waals surface area contributed by atoms with E-state index < -0.39 is 12.2 Å². The number of hydrogen-bond donors (Lipinski definition) is 4. The molecule has 0 spiro atoms. The van der Waals surface area contributed by atoms with E-state index in [1.54, 1.807) is 0 Å². The molecule has 2 aliphatic rings. The van der Waals surface area contributed by atoms with Gasteiger partial charge < -0.3 is 31.5 Å². The van der Waals surface area contributed by atoms with Crippen LogP contribution in [0, 0.1) is 11.8 Å². The van der Waals surface area contributed by atoms with E-state index in [1.165, 1.54) is 0 Å². The summed E-state index contributed by atoms with van der Waals surface area (Å²) in [6.07, 6.45) is -0.605. The van der Waals surface area contributed by atoms with Crippen LogP contribution < -0.4 is 31.5 Å². The quantitative estimate of drug-likeness (QED) is 0.399. The first-order valence-electron chi connectivity index (χ1n) is 8.48. The van der Waals surface area contributed by atoms with Gasteiger partial charge in [0.15, 0.2) is 0 Å². The first kappa shape index (κ1) is 18.1. The SMILES string of the molecule is C[C@@H](CNC(=O)C1C[NH2+]CC([O-])C1)NC(=O)C1C[NH2+]CC([O-])C1. The highest BCUT2D eigenvalue weighted by Gasteiger charge is 2.27. The summed E-state index contributed by atoms with van der Waals surface area (Å²) in [7, 11) is 0. The van der Waals surface area contributed by atoms with E-state index in [2.05, 4.69) is 10.6 Å². The van der Waals surface area contributed by atoms with Crippen molar-refractivity contribution in [1.29, 1.82) is 0 Å². The first-order chi connectivity index (χ1) is 11.0. The molecule has 4 unspecified atom stereocenters.